The van der Waals surface area contributed by atoms with Crippen LogP contribution in [0.25, 0.3) is 10.3 Å². The van der Waals surface area contributed by atoms with Gasteiger partial charge in [0, 0.05) is 11.5 Å². The Morgan fingerprint density at radius 1 is 1.40 bits per heavy atom. The van der Waals surface area contributed by atoms with Gasteiger partial charge in [0.2, 0.25) is 0 Å². The SMILES string of the molecule is O=c1[nH]nnc2snnc12. The fourth-order valence-corrected chi connectivity index (χ4v) is 1.06. The Balaban J connectivity index is 3.09. The summed E-state index contributed by atoms with van der Waals surface area (Å²) in [6.45, 7) is 0. The number of hydrogen-bond donors (Lipinski definition) is 1. The molecule has 0 aliphatic rings. The maximum Gasteiger partial charge on any atom is 0.296 e. The molecule has 6 nitrogen and oxygen atoms in total. The van der Waals surface area contributed by atoms with E-state index in [0.717, 1.165) is 11.5 Å². The Morgan fingerprint density at radius 3 is 3.10 bits per heavy atom. The maximum atomic E-state index is 10.8. The molecule has 0 aliphatic heterocycles. The van der Waals surface area contributed by atoms with Crippen LogP contribution in [0.1, 0.15) is 0 Å². The standard InChI is InChI=1S/C3HN5OS/c9-2-1-3(6-7-5-2)10-8-4-1/h(H,5,6,9). The summed E-state index contributed by atoms with van der Waals surface area (Å²) in [5.41, 5.74) is -0.0984. The normalized spacial score (nSPS) is 10.4. The predicted molar refractivity (Wildman–Crippen MR) is 33.6 cm³/mol. The highest BCUT2D eigenvalue weighted by atomic mass is 32.1. The van der Waals surface area contributed by atoms with E-state index in [-0.39, 0.29) is 11.1 Å². The summed E-state index contributed by atoms with van der Waals surface area (Å²) in [5.74, 6) is 0. The van der Waals surface area contributed by atoms with Crippen molar-refractivity contribution in [2.75, 3.05) is 0 Å². The highest BCUT2D eigenvalue weighted by molar-refractivity contribution is 7.12. The smallest absolute Gasteiger partial charge is 0.265 e. The van der Waals surface area contributed by atoms with Gasteiger partial charge in [-0.25, -0.2) is 5.10 Å². The molecule has 0 spiro atoms. The third-order valence-electron chi connectivity index (χ3n) is 0.978. The van der Waals surface area contributed by atoms with Crippen molar-refractivity contribution in [2.24, 2.45) is 0 Å². The first-order valence-electron chi connectivity index (χ1n) is 2.41. The lowest BCUT2D eigenvalue weighted by Crippen LogP contribution is -2.08. The molecule has 10 heavy (non-hydrogen) atoms. The van der Waals surface area contributed by atoms with Crippen molar-refractivity contribution in [1.82, 2.24) is 25.0 Å². The van der Waals surface area contributed by atoms with Gasteiger partial charge in [0.05, 0.1) is 0 Å². The molecule has 0 saturated carbocycles. The van der Waals surface area contributed by atoms with E-state index < -0.39 is 0 Å². The Hall–Kier alpha value is -1.37. The van der Waals surface area contributed by atoms with E-state index in [0.29, 0.717) is 4.83 Å². The number of hydrogen-bond acceptors (Lipinski definition) is 6. The minimum absolute atomic E-state index is 0.250. The van der Waals surface area contributed by atoms with Crippen molar-refractivity contribution in [3.63, 3.8) is 0 Å². The Morgan fingerprint density at radius 2 is 2.30 bits per heavy atom. The summed E-state index contributed by atoms with van der Waals surface area (Å²) in [6, 6.07) is 0. The second-order valence-electron chi connectivity index (χ2n) is 1.57. The maximum absolute atomic E-state index is 10.8. The van der Waals surface area contributed by atoms with Crippen LogP contribution in [0.3, 0.4) is 0 Å². The van der Waals surface area contributed by atoms with Crippen molar-refractivity contribution < 1.29 is 0 Å². The Bertz CT molecular complexity index is 404. The number of nitrogens with one attached hydrogen (secondary N) is 1. The molecule has 0 atom stereocenters. The van der Waals surface area contributed by atoms with Crippen LogP contribution in [0.4, 0.5) is 0 Å². The van der Waals surface area contributed by atoms with Gasteiger partial charge in [0.1, 0.15) is 0 Å². The minimum atomic E-state index is -0.348. The van der Waals surface area contributed by atoms with Crippen LogP contribution in [-0.4, -0.2) is 25.0 Å². The van der Waals surface area contributed by atoms with E-state index in [4.69, 9.17) is 0 Å². The van der Waals surface area contributed by atoms with Crippen molar-refractivity contribution >= 4 is 21.9 Å². The van der Waals surface area contributed by atoms with E-state index in [2.05, 4.69) is 25.0 Å². The summed E-state index contributed by atoms with van der Waals surface area (Å²) < 4.78 is 3.53. The van der Waals surface area contributed by atoms with Crippen LogP contribution in [-0.2, 0) is 0 Å². The van der Waals surface area contributed by atoms with E-state index in [9.17, 15) is 4.79 Å². The van der Waals surface area contributed by atoms with Crippen molar-refractivity contribution in [3.05, 3.63) is 10.4 Å². The first-order valence-corrected chi connectivity index (χ1v) is 3.19. The second kappa shape index (κ2) is 1.81. The molecule has 50 valence electrons. The Kier molecular flexibility index (Phi) is 0.978. The number of aromatic nitrogens is 5. The van der Waals surface area contributed by atoms with E-state index in [1.807, 2.05) is 0 Å². The van der Waals surface area contributed by atoms with Crippen LogP contribution < -0.4 is 5.56 Å². The molecule has 2 rings (SSSR count). The van der Waals surface area contributed by atoms with Gasteiger partial charge in [0.15, 0.2) is 10.3 Å². The number of aromatic amines is 1. The molecule has 0 saturated heterocycles. The second-order valence-corrected chi connectivity index (χ2v) is 2.30. The minimum Gasteiger partial charge on any atom is -0.265 e. The number of rotatable bonds is 0. The fourth-order valence-electron chi connectivity index (χ4n) is 0.563. The zero-order valence-electron chi connectivity index (χ0n) is 4.61. The number of fused-ring (bicyclic) bond motifs is 1. The lowest BCUT2D eigenvalue weighted by molar-refractivity contribution is 0.872. The zero-order chi connectivity index (χ0) is 6.97. The van der Waals surface area contributed by atoms with E-state index >= 15 is 0 Å². The molecular weight excluding hydrogens is 154 g/mol. The van der Waals surface area contributed by atoms with Gasteiger partial charge in [-0.2, -0.15) is 0 Å². The average Bonchev–Trinajstić information content (AvgIpc) is 2.36. The van der Waals surface area contributed by atoms with Gasteiger partial charge in [0.25, 0.3) is 5.56 Å². The van der Waals surface area contributed by atoms with Gasteiger partial charge in [-0.1, -0.05) is 9.70 Å². The molecule has 0 aliphatic carbocycles. The first kappa shape index (κ1) is 5.42. The van der Waals surface area contributed by atoms with Gasteiger partial charge in [-0.15, -0.1) is 10.2 Å². The molecule has 0 amide bonds. The molecule has 0 unspecified atom stereocenters. The summed E-state index contributed by atoms with van der Waals surface area (Å²) >= 11 is 1.05. The largest absolute Gasteiger partial charge is 0.296 e. The molecule has 2 heterocycles. The molecular formula is C3HN5OS. The number of nitrogens with zero attached hydrogens (tertiary/aromatic N) is 4. The monoisotopic (exact) mass is 155 g/mol. The number of H-pyrrole nitrogens is 1. The van der Waals surface area contributed by atoms with Gasteiger partial charge in [-0.3, -0.25) is 4.79 Å². The molecule has 0 fully saturated rings. The highest BCUT2D eigenvalue weighted by Gasteiger charge is 2.02. The van der Waals surface area contributed by atoms with Gasteiger partial charge < -0.3 is 0 Å². The molecule has 0 aromatic carbocycles. The van der Waals surface area contributed by atoms with Crippen molar-refractivity contribution in [3.8, 4) is 0 Å². The molecule has 2 aromatic rings. The summed E-state index contributed by atoms with van der Waals surface area (Å²) in [6.07, 6.45) is 0. The van der Waals surface area contributed by atoms with Gasteiger partial charge >= 0.3 is 0 Å². The zero-order valence-corrected chi connectivity index (χ0v) is 5.42. The summed E-state index contributed by atoms with van der Waals surface area (Å²) in [5, 5.41) is 12.6. The van der Waals surface area contributed by atoms with E-state index in [1.165, 1.54) is 0 Å². The average molecular weight is 155 g/mol. The third-order valence-corrected chi connectivity index (χ3v) is 1.59. The van der Waals surface area contributed by atoms with Gasteiger partial charge in [-0.05, 0) is 0 Å². The van der Waals surface area contributed by atoms with Crippen LogP contribution in [0.5, 0.6) is 0 Å². The van der Waals surface area contributed by atoms with Crippen LogP contribution >= 0.6 is 11.5 Å². The van der Waals surface area contributed by atoms with E-state index in [1.54, 1.807) is 0 Å². The molecule has 0 radical (unpaired) electrons. The first-order chi connectivity index (χ1) is 4.88. The molecule has 7 heteroatoms. The Labute approximate surface area is 58.1 Å². The molecule has 2 aromatic heterocycles. The molecule has 0 bridgehead atoms. The summed E-state index contributed by atoms with van der Waals surface area (Å²) in [7, 11) is 0. The van der Waals surface area contributed by atoms with Crippen LogP contribution in [0.15, 0.2) is 4.79 Å². The topological polar surface area (TPSA) is 84.4 Å². The third kappa shape index (κ3) is 0.605. The van der Waals surface area contributed by atoms with Crippen LogP contribution in [0, 0.1) is 0 Å². The van der Waals surface area contributed by atoms with Crippen molar-refractivity contribution in [2.45, 2.75) is 0 Å². The van der Waals surface area contributed by atoms with Crippen molar-refractivity contribution in [1.29, 1.82) is 0 Å². The predicted octanol–water partition coefficient (Wildman–Crippen LogP) is -0.830. The van der Waals surface area contributed by atoms with Crippen LogP contribution in [0.2, 0.25) is 0 Å². The lowest BCUT2D eigenvalue weighted by atomic mass is 10.6. The highest BCUT2D eigenvalue weighted by Crippen LogP contribution is 2.02. The molecule has 1 N–H and O–H groups in total. The summed E-state index contributed by atoms with van der Waals surface area (Å²) in [4.78, 5) is 11.2. The lowest BCUT2D eigenvalue weighted by Gasteiger charge is -1.77. The quantitative estimate of drug-likeness (QED) is 0.536. The fraction of sp³-hybridized carbons (Fsp3) is 0.